The van der Waals surface area contributed by atoms with E-state index in [4.69, 9.17) is 10.5 Å². The van der Waals surface area contributed by atoms with Crippen LogP contribution in [-0.4, -0.2) is 0 Å². The van der Waals surface area contributed by atoms with Crippen molar-refractivity contribution in [2.24, 2.45) is 5.41 Å². The molecule has 44 valence electrons. The Hall–Kier alpha value is -1.28. The maximum Gasteiger partial charge on any atom is 0.162 e. The lowest BCUT2D eigenvalue weighted by atomic mass is 9.92. The van der Waals surface area contributed by atoms with Gasteiger partial charge in [0.15, 0.2) is 5.41 Å². The fourth-order valence-electron chi connectivity index (χ4n) is 0.890. The molecule has 0 atom stereocenters. The number of nitriles is 2. The maximum absolute atomic E-state index is 8.49. The highest BCUT2D eigenvalue weighted by atomic mass is 14.4. The quantitative estimate of drug-likeness (QED) is 0.451. The third-order valence-corrected chi connectivity index (χ3v) is 1.51. The predicted molar refractivity (Wildman–Crippen MR) is 32.0 cm³/mol. The molecular weight excluding hydrogens is 112 g/mol. The molecule has 0 radical (unpaired) electrons. The molecule has 0 N–H and O–H groups in total. The molecule has 0 aromatic rings. The van der Waals surface area contributed by atoms with E-state index in [-0.39, 0.29) is 0 Å². The monoisotopic (exact) mass is 118 g/mol. The second-order valence-electron chi connectivity index (χ2n) is 2.14. The van der Waals surface area contributed by atoms with Gasteiger partial charge in [0.2, 0.25) is 0 Å². The second-order valence-corrected chi connectivity index (χ2v) is 2.14. The Balaban J connectivity index is 2.88. The Bertz CT molecular complexity index is 200. The highest BCUT2D eigenvalue weighted by Crippen LogP contribution is 2.29. The van der Waals surface area contributed by atoms with Crippen LogP contribution in [0.1, 0.15) is 12.8 Å². The van der Waals surface area contributed by atoms with Crippen molar-refractivity contribution in [1.82, 2.24) is 0 Å². The van der Waals surface area contributed by atoms with Crippen LogP contribution in [0.25, 0.3) is 0 Å². The van der Waals surface area contributed by atoms with Crippen molar-refractivity contribution in [1.29, 1.82) is 10.5 Å². The summed E-state index contributed by atoms with van der Waals surface area (Å²) in [5.74, 6) is 0. The van der Waals surface area contributed by atoms with E-state index in [2.05, 4.69) is 0 Å². The first-order valence-corrected chi connectivity index (χ1v) is 2.83. The lowest BCUT2D eigenvalue weighted by Crippen LogP contribution is -2.07. The molecule has 1 aliphatic rings. The van der Waals surface area contributed by atoms with E-state index < -0.39 is 5.41 Å². The summed E-state index contributed by atoms with van der Waals surface area (Å²) in [6.07, 6.45) is 5.10. The highest BCUT2D eigenvalue weighted by molar-refractivity contribution is 5.27. The van der Waals surface area contributed by atoms with Crippen molar-refractivity contribution in [3.8, 4) is 12.1 Å². The first-order valence-electron chi connectivity index (χ1n) is 2.83. The van der Waals surface area contributed by atoms with Gasteiger partial charge in [-0.2, -0.15) is 10.5 Å². The summed E-state index contributed by atoms with van der Waals surface area (Å²) in [5, 5.41) is 17.0. The van der Waals surface area contributed by atoms with Gasteiger partial charge in [-0.1, -0.05) is 12.2 Å². The Kier molecular flexibility index (Phi) is 1.24. The van der Waals surface area contributed by atoms with Crippen LogP contribution in [0.2, 0.25) is 0 Å². The summed E-state index contributed by atoms with van der Waals surface area (Å²) in [6.45, 7) is 0. The Morgan fingerprint density at radius 2 is 2.00 bits per heavy atom. The van der Waals surface area contributed by atoms with Crippen molar-refractivity contribution in [2.75, 3.05) is 0 Å². The van der Waals surface area contributed by atoms with Crippen molar-refractivity contribution in [2.45, 2.75) is 12.8 Å². The molecule has 1 rings (SSSR count). The summed E-state index contributed by atoms with van der Waals surface area (Å²) in [7, 11) is 0. The first-order chi connectivity index (χ1) is 4.33. The van der Waals surface area contributed by atoms with E-state index in [9.17, 15) is 0 Å². The van der Waals surface area contributed by atoms with Crippen LogP contribution in [0.3, 0.4) is 0 Å². The number of hydrogen-bond acceptors (Lipinski definition) is 2. The standard InChI is InChI=1S/C7H6N2/c8-5-7(6-9)3-1-2-4-7/h1,3H,2,4H2. The molecule has 1 aliphatic carbocycles. The summed E-state index contributed by atoms with van der Waals surface area (Å²) in [6, 6.07) is 3.96. The largest absolute Gasteiger partial charge is 0.196 e. The molecule has 0 fully saturated rings. The third kappa shape index (κ3) is 0.795. The van der Waals surface area contributed by atoms with Crippen LogP contribution >= 0.6 is 0 Å². The number of allylic oxidation sites excluding steroid dienone is 2. The Morgan fingerprint density at radius 1 is 1.33 bits per heavy atom. The topological polar surface area (TPSA) is 47.6 Å². The molecule has 0 bridgehead atoms. The Morgan fingerprint density at radius 3 is 2.22 bits per heavy atom. The molecule has 2 heteroatoms. The lowest BCUT2D eigenvalue weighted by molar-refractivity contribution is 0.640. The van der Waals surface area contributed by atoms with Gasteiger partial charge in [0.05, 0.1) is 12.1 Å². The number of nitrogens with zero attached hydrogens (tertiary/aromatic N) is 2. The van der Waals surface area contributed by atoms with Crippen molar-refractivity contribution in [3.63, 3.8) is 0 Å². The summed E-state index contributed by atoms with van der Waals surface area (Å²) < 4.78 is 0. The van der Waals surface area contributed by atoms with Gasteiger partial charge in [-0.25, -0.2) is 0 Å². The molecule has 0 aromatic heterocycles. The minimum Gasteiger partial charge on any atom is -0.196 e. The van der Waals surface area contributed by atoms with Crippen LogP contribution in [-0.2, 0) is 0 Å². The smallest absolute Gasteiger partial charge is 0.162 e. The molecule has 0 aromatic carbocycles. The van der Waals surface area contributed by atoms with Gasteiger partial charge in [0.25, 0.3) is 0 Å². The van der Waals surface area contributed by atoms with Crippen LogP contribution in [0.4, 0.5) is 0 Å². The molecule has 0 aliphatic heterocycles. The molecule has 0 spiro atoms. The van der Waals surface area contributed by atoms with Crippen LogP contribution in [0, 0.1) is 28.1 Å². The lowest BCUT2D eigenvalue weighted by Gasteiger charge is -2.03. The number of hydrogen-bond donors (Lipinski definition) is 0. The third-order valence-electron chi connectivity index (χ3n) is 1.51. The zero-order chi connectivity index (χ0) is 6.74. The van der Waals surface area contributed by atoms with Crippen molar-refractivity contribution < 1.29 is 0 Å². The van der Waals surface area contributed by atoms with Gasteiger partial charge < -0.3 is 0 Å². The summed E-state index contributed by atoms with van der Waals surface area (Å²) in [5.41, 5.74) is -0.792. The molecule has 0 heterocycles. The molecule has 9 heavy (non-hydrogen) atoms. The summed E-state index contributed by atoms with van der Waals surface area (Å²) in [4.78, 5) is 0. The van der Waals surface area contributed by atoms with Crippen molar-refractivity contribution in [3.05, 3.63) is 12.2 Å². The van der Waals surface area contributed by atoms with E-state index in [1.807, 2.05) is 18.2 Å². The average Bonchev–Trinajstić information content (AvgIpc) is 2.36. The van der Waals surface area contributed by atoms with Gasteiger partial charge in [-0.15, -0.1) is 0 Å². The van der Waals surface area contributed by atoms with E-state index >= 15 is 0 Å². The van der Waals surface area contributed by atoms with E-state index in [0.717, 1.165) is 6.42 Å². The van der Waals surface area contributed by atoms with Gasteiger partial charge in [0, 0.05) is 0 Å². The average molecular weight is 118 g/mol. The van der Waals surface area contributed by atoms with Gasteiger partial charge in [-0.3, -0.25) is 0 Å². The first kappa shape index (κ1) is 5.85. The highest BCUT2D eigenvalue weighted by Gasteiger charge is 2.28. The molecule has 0 saturated carbocycles. The Labute approximate surface area is 54.0 Å². The predicted octanol–water partition coefficient (Wildman–Crippen LogP) is 1.37. The minimum atomic E-state index is -0.792. The van der Waals surface area contributed by atoms with E-state index in [0.29, 0.717) is 6.42 Å². The van der Waals surface area contributed by atoms with E-state index in [1.54, 1.807) is 6.08 Å². The molecule has 0 amide bonds. The maximum atomic E-state index is 8.49. The van der Waals surface area contributed by atoms with Gasteiger partial charge >= 0.3 is 0 Å². The van der Waals surface area contributed by atoms with Gasteiger partial charge in [0.1, 0.15) is 0 Å². The summed E-state index contributed by atoms with van der Waals surface area (Å²) >= 11 is 0. The fraction of sp³-hybridized carbons (Fsp3) is 0.429. The minimum absolute atomic E-state index is 0.667. The fourth-order valence-corrected chi connectivity index (χ4v) is 0.890. The van der Waals surface area contributed by atoms with Gasteiger partial charge in [-0.05, 0) is 12.8 Å². The molecular formula is C7H6N2. The zero-order valence-corrected chi connectivity index (χ0v) is 4.96. The molecule has 0 unspecified atom stereocenters. The SMILES string of the molecule is N#CC1(C#N)C=CCC1. The number of rotatable bonds is 0. The second kappa shape index (κ2) is 1.91. The zero-order valence-electron chi connectivity index (χ0n) is 4.96. The van der Waals surface area contributed by atoms with Crippen molar-refractivity contribution >= 4 is 0 Å². The van der Waals surface area contributed by atoms with E-state index in [1.165, 1.54) is 0 Å². The normalized spacial score (nSPS) is 20.7. The molecule has 0 saturated heterocycles. The molecule has 2 nitrogen and oxygen atoms in total. The van der Waals surface area contributed by atoms with Crippen LogP contribution in [0.15, 0.2) is 12.2 Å². The van der Waals surface area contributed by atoms with Crippen LogP contribution < -0.4 is 0 Å². The van der Waals surface area contributed by atoms with Crippen LogP contribution in [0.5, 0.6) is 0 Å².